The van der Waals surface area contributed by atoms with Crippen LogP contribution in [0.15, 0.2) is 47.8 Å². The molecule has 1 aromatic carbocycles. The van der Waals surface area contributed by atoms with Gasteiger partial charge in [-0.2, -0.15) is 0 Å². The van der Waals surface area contributed by atoms with Gasteiger partial charge in [-0.15, -0.1) is 0 Å². The molecule has 0 atom stereocenters. The molecular weight excluding hydrogens is 328 g/mol. The number of rotatable bonds is 5. The Labute approximate surface area is 153 Å². The van der Waals surface area contributed by atoms with Crippen molar-refractivity contribution in [2.75, 3.05) is 51.7 Å². The first kappa shape index (κ1) is 18.2. The lowest BCUT2D eigenvalue weighted by atomic mass is 10.1. The van der Waals surface area contributed by atoms with Crippen LogP contribution in [0, 0.1) is 0 Å². The van der Waals surface area contributed by atoms with Gasteiger partial charge in [0.2, 0.25) is 5.91 Å². The normalized spacial score (nSPS) is 14.9. The standard InChI is InChI=1S/C20H26N4O2/c1-4-19(25)23-12-10-22(11-13-23)18-15-20(26)24(14-9-21(2)3)17-8-6-5-7-16(17)18/h4-8,15H,1,9-14H2,2-3H3. The highest BCUT2D eigenvalue weighted by atomic mass is 16.2. The Morgan fingerprint density at radius 1 is 1.19 bits per heavy atom. The Bertz CT molecular complexity index is 864. The summed E-state index contributed by atoms with van der Waals surface area (Å²) in [7, 11) is 4.01. The molecule has 26 heavy (non-hydrogen) atoms. The monoisotopic (exact) mass is 354 g/mol. The number of amides is 1. The molecule has 1 saturated heterocycles. The molecule has 6 nitrogen and oxygen atoms in total. The van der Waals surface area contributed by atoms with E-state index in [2.05, 4.69) is 22.4 Å². The highest BCUT2D eigenvalue weighted by Gasteiger charge is 2.22. The zero-order chi connectivity index (χ0) is 18.7. The Kier molecular flexibility index (Phi) is 5.42. The fourth-order valence-corrected chi connectivity index (χ4v) is 3.41. The molecule has 6 heteroatoms. The largest absolute Gasteiger partial charge is 0.367 e. The van der Waals surface area contributed by atoms with Gasteiger partial charge in [-0.1, -0.05) is 24.8 Å². The van der Waals surface area contributed by atoms with Crippen LogP contribution in [-0.2, 0) is 11.3 Å². The Hall–Kier alpha value is -2.60. The number of carbonyl (C=O) groups excluding carboxylic acids is 1. The SMILES string of the molecule is C=CC(=O)N1CCN(c2cc(=O)n(CCN(C)C)c3ccccc23)CC1. The smallest absolute Gasteiger partial charge is 0.253 e. The maximum atomic E-state index is 12.8. The summed E-state index contributed by atoms with van der Waals surface area (Å²) in [4.78, 5) is 30.6. The predicted molar refractivity (Wildman–Crippen MR) is 106 cm³/mol. The highest BCUT2D eigenvalue weighted by molar-refractivity contribution is 5.92. The average molecular weight is 354 g/mol. The van der Waals surface area contributed by atoms with Crippen LogP contribution in [-0.4, -0.2) is 67.1 Å². The molecule has 1 aliphatic heterocycles. The van der Waals surface area contributed by atoms with E-state index in [1.165, 1.54) is 6.08 Å². The van der Waals surface area contributed by atoms with E-state index < -0.39 is 0 Å². The van der Waals surface area contributed by atoms with E-state index in [1.807, 2.05) is 36.9 Å². The van der Waals surface area contributed by atoms with E-state index in [1.54, 1.807) is 11.0 Å². The third-order valence-electron chi connectivity index (χ3n) is 4.87. The Morgan fingerprint density at radius 3 is 2.54 bits per heavy atom. The number of hydrogen-bond acceptors (Lipinski definition) is 4. The van der Waals surface area contributed by atoms with Crippen molar-refractivity contribution in [1.82, 2.24) is 14.4 Å². The maximum absolute atomic E-state index is 12.8. The topological polar surface area (TPSA) is 48.8 Å². The molecule has 0 saturated carbocycles. The number of piperazine rings is 1. The number of hydrogen-bond donors (Lipinski definition) is 0. The summed E-state index contributed by atoms with van der Waals surface area (Å²) < 4.78 is 1.84. The molecule has 0 aliphatic carbocycles. The molecule has 0 unspecified atom stereocenters. The van der Waals surface area contributed by atoms with Gasteiger partial charge in [0.05, 0.1) is 11.2 Å². The third-order valence-corrected chi connectivity index (χ3v) is 4.87. The van der Waals surface area contributed by atoms with Crippen molar-refractivity contribution in [3.63, 3.8) is 0 Å². The molecule has 3 rings (SSSR count). The average Bonchev–Trinajstić information content (AvgIpc) is 2.66. The molecular formula is C20H26N4O2. The van der Waals surface area contributed by atoms with Crippen molar-refractivity contribution in [2.45, 2.75) is 6.54 Å². The summed E-state index contributed by atoms with van der Waals surface area (Å²) in [5.41, 5.74) is 1.93. The second-order valence-electron chi connectivity index (χ2n) is 6.86. The molecule has 0 bridgehead atoms. The minimum Gasteiger partial charge on any atom is -0.367 e. The summed E-state index contributed by atoms with van der Waals surface area (Å²) in [6.45, 7) is 7.73. The van der Waals surface area contributed by atoms with Crippen LogP contribution in [0.5, 0.6) is 0 Å². The van der Waals surface area contributed by atoms with E-state index in [0.29, 0.717) is 32.7 Å². The third kappa shape index (κ3) is 3.65. The van der Waals surface area contributed by atoms with Crippen LogP contribution in [0.2, 0.25) is 0 Å². The fraction of sp³-hybridized carbons (Fsp3) is 0.400. The Balaban J connectivity index is 1.93. The van der Waals surface area contributed by atoms with Gasteiger partial charge in [-0.25, -0.2) is 0 Å². The summed E-state index contributed by atoms with van der Waals surface area (Å²) in [5, 5.41) is 1.08. The van der Waals surface area contributed by atoms with Gasteiger partial charge in [-0.3, -0.25) is 9.59 Å². The number of para-hydroxylation sites is 1. The number of fused-ring (bicyclic) bond motifs is 1. The molecule has 0 N–H and O–H groups in total. The molecule has 2 aromatic rings. The number of carbonyl (C=O) groups is 1. The molecule has 1 fully saturated rings. The van der Waals surface area contributed by atoms with Crippen molar-refractivity contribution in [3.8, 4) is 0 Å². The first-order valence-corrected chi connectivity index (χ1v) is 8.95. The number of likely N-dealkylation sites (N-methyl/N-ethyl adjacent to an activating group) is 1. The van der Waals surface area contributed by atoms with E-state index in [4.69, 9.17) is 0 Å². The van der Waals surface area contributed by atoms with Crippen LogP contribution in [0.4, 0.5) is 5.69 Å². The predicted octanol–water partition coefficient (Wildman–Crippen LogP) is 1.40. The van der Waals surface area contributed by atoms with Gasteiger partial charge < -0.3 is 19.3 Å². The number of aromatic nitrogens is 1. The molecule has 138 valence electrons. The lowest BCUT2D eigenvalue weighted by Crippen LogP contribution is -2.48. The second kappa shape index (κ2) is 7.74. The van der Waals surface area contributed by atoms with Crippen LogP contribution in [0.1, 0.15) is 0 Å². The van der Waals surface area contributed by atoms with Crippen molar-refractivity contribution < 1.29 is 4.79 Å². The van der Waals surface area contributed by atoms with Gasteiger partial charge >= 0.3 is 0 Å². The van der Waals surface area contributed by atoms with Gasteiger partial charge in [0, 0.05) is 50.7 Å². The summed E-state index contributed by atoms with van der Waals surface area (Å²) in [6.07, 6.45) is 1.36. The first-order chi connectivity index (χ1) is 12.5. The quantitative estimate of drug-likeness (QED) is 0.762. The van der Waals surface area contributed by atoms with Crippen molar-refractivity contribution in [1.29, 1.82) is 0 Å². The lowest BCUT2D eigenvalue weighted by Gasteiger charge is -2.36. The second-order valence-corrected chi connectivity index (χ2v) is 6.86. The number of benzene rings is 1. The zero-order valence-electron chi connectivity index (χ0n) is 15.5. The van der Waals surface area contributed by atoms with Crippen molar-refractivity contribution >= 4 is 22.5 Å². The van der Waals surface area contributed by atoms with Crippen LogP contribution >= 0.6 is 0 Å². The van der Waals surface area contributed by atoms with Crippen molar-refractivity contribution in [2.24, 2.45) is 0 Å². The van der Waals surface area contributed by atoms with Crippen LogP contribution < -0.4 is 10.5 Å². The van der Waals surface area contributed by atoms with Crippen molar-refractivity contribution in [3.05, 3.63) is 53.3 Å². The Morgan fingerprint density at radius 2 is 1.88 bits per heavy atom. The minimum absolute atomic E-state index is 0.0187. The number of anilines is 1. The molecule has 2 heterocycles. The zero-order valence-corrected chi connectivity index (χ0v) is 15.5. The van der Waals surface area contributed by atoms with Gasteiger partial charge in [-0.05, 0) is 26.2 Å². The van der Waals surface area contributed by atoms with Gasteiger partial charge in [0.15, 0.2) is 0 Å². The minimum atomic E-state index is -0.0337. The molecule has 1 aromatic heterocycles. The lowest BCUT2D eigenvalue weighted by molar-refractivity contribution is -0.126. The molecule has 0 radical (unpaired) electrons. The maximum Gasteiger partial charge on any atom is 0.253 e. The molecule has 1 amide bonds. The highest BCUT2D eigenvalue weighted by Crippen LogP contribution is 2.26. The summed E-state index contributed by atoms with van der Waals surface area (Å²) >= 11 is 0. The van der Waals surface area contributed by atoms with Crippen LogP contribution in [0.3, 0.4) is 0 Å². The fourth-order valence-electron chi connectivity index (χ4n) is 3.41. The number of pyridine rings is 1. The summed E-state index contributed by atoms with van der Waals surface area (Å²) in [5.74, 6) is -0.0337. The summed E-state index contributed by atoms with van der Waals surface area (Å²) in [6, 6.07) is 9.79. The van der Waals surface area contributed by atoms with Gasteiger partial charge in [0.25, 0.3) is 5.56 Å². The van der Waals surface area contributed by atoms with E-state index in [0.717, 1.165) is 23.1 Å². The van der Waals surface area contributed by atoms with Gasteiger partial charge in [0.1, 0.15) is 0 Å². The molecule has 1 aliphatic rings. The van der Waals surface area contributed by atoms with E-state index in [-0.39, 0.29) is 11.5 Å². The van der Waals surface area contributed by atoms with Crippen LogP contribution in [0.25, 0.3) is 10.9 Å². The van der Waals surface area contributed by atoms with E-state index in [9.17, 15) is 9.59 Å². The van der Waals surface area contributed by atoms with E-state index >= 15 is 0 Å². The molecule has 0 spiro atoms. The first-order valence-electron chi connectivity index (χ1n) is 8.95. The number of nitrogens with zero attached hydrogens (tertiary/aromatic N) is 4.